The molecule has 184 valence electrons. The largest absolute Gasteiger partial charge is 0.417 e. The van der Waals surface area contributed by atoms with Crippen LogP contribution in [-0.2, 0) is 8.85 Å². The van der Waals surface area contributed by atoms with E-state index in [0.29, 0.717) is 13.0 Å². The Morgan fingerprint density at radius 2 is 1.19 bits per heavy atom. The van der Waals surface area contributed by atoms with Gasteiger partial charge in [-0.1, -0.05) is 91.9 Å². The molecule has 3 nitrogen and oxygen atoms in total. The fraction of sp³-hybridized carbons (Fsp3) is 0.923. The highest BCUT2D eigenvalue weighted by molar-refractivity contribution is 6.74. The van der Waals surface area contributed by atoms with Gasteiger partial charge in [-0.2, -0.15) is 0 Å². The first-order valence-electron chi connectivity index (χ1n) is 13.4. The molecule has 1 atom stereocenters. The zero-order valence-corrected chi connectivity index (χ0v) is 23.9. The van der Waals surface area contributed by atoms with Gasteiger partial charge >= 0.3 is 0 Å². The summed E-state index contributed by atoms with van der Waals surface area (Å²) < 4.78 is 12.8. The summed E-state index contributed by atoms with van der Waals surface area (Å²) >= 11 is 0. The van der Waals surface area contributed by atoms with Gasteiger partial charge in [-0.25, -0.2) is 0 Å². The number of aliphatic hydroxyl groups is 1. The molecule has 1 N–H and O–H groups in total. The number of unbranched alkanes of at least 4 members (excludes halogenated alkanes) is 3. The summed E-state index contributed by atoms with van der Waals surface area (Å²) in [5.74, 6) is 6.27. The first kappa shape index (κ1) is 30.9. The van der Waals surface area contributed by atoms with Crippen molar-refractivity contribution in [1.82, 2.24) is 0 Å². The molecule has 0 aliphatic heterocycles. The quantitative estimate of drug-likeness (QED) is 0.112. The molecule has 0 aliphatic rings. The second-order valence-electron chi connectivity index (χ2n) is 9.23. The molecule has 0 unspecified atom stereocenters. The van der Waals surface area contributed by atoms with E-state index < -0.39 is 16.6 Å². The van der Waals surface area contributed by atoms with Crippen LogP contribution in [0, 0.1) is 11.8 Å². The van der Waals surface area contributed by atoms with Crippen LogP contribution < -0.4 is 0 Å². The van der Waals surface area contributed by atoms with E-state index in [9.17, 15) is 5.11 Å². The third-order valence-electron chi connectivity index (χ3n) is 6.89. The Balaban J connectivity index is 4.40. The molecule has 0 spiro atoms. The molecule has 31 heavy (non-hydrogen) atoms. The molecule has 0 fully saturated rings. The van der Waals surface area contributed by atoms with E-state index >= 15 is 0 Å². The van der Waals surface area contributed by atoms with Crippen molar-refractivity contribution in [3.8, 4) is 11.8 Å². The van der Waals surface area contributed by atoms with Crippen molar-refractivity contribution < 1.29 is 14.0 Å². The third kappa shape index (κ3) is 13.9. The van der Waals surface area contributed by atoms with Gasteiger partial charge in [0.05, 0.1) is 12.7 Å². The normalized spacial score (nSPS) is 13.1. The summed E-state index contributed by atoms with van der Waals surface area (Å²) in [6, 6.07) is 7.42. The van der Waals surface area contributed by atoms with E-state index in [4.69, 9.17) is 8.85 Å². The highest BCUT2D eigenvalue weighted by Crippen LogP contribution is 2.30. The molecule has 0 aromatic carbocycles. The van der Waals surface area contributed by atoms with E-state index in [1.165, 1.54) is 56.7 Å². The lowest BCUT2D eigenvalue weighted by molar-refractivity contribution is 0.155. The van der Waals surface area contributed by atoms with Crippen LogP contribution >= 0.6 is 0 Å². The van der Waals surface area contributed by atoms with Gasteiger partial charge in [0.15, 0.2) is 16.6 Å². The van der Waals surface area contributed by atoms with E-state index in [-0.39, 0.29) is 6.10 Å². The molecule has 0 amide bonds. The number of hydrogen-bond acceptors (Lipinski definition) is 3. The van der Waals surface area contributed by atoms with E-state index in [1.807, 2.05) is 0 Å². The van der Waals surface area contributed by atoms with Crippen LogP contribution in [0.2, 0.25) is 36.3 Å². The van der Waals surface area contributed by atoms with Crippen LogP contribution in [0.3, 0.4) is 0 Å². The average molecular weight is 471 g/mol. The Hall–Kier alpha value is -0.126. The highest BCUT2D eigenvalue weighted by Gasteiger charge is 2.33. The standard InChI is InChI=1S/C26H54O3Si2/c1-7-13-23-31(24-14-8-2,25-15-9-3)29-22-18-20-26(27)19-16-17-21-28-30(10-4,11-5)12-6/h26-27H,7-15,18-25H2,1-6H3/t26-/m0/s1. The van der Waals surface area contributed by atoms with Gasteiger partial charge < -0.3 is 14.0 Å². The molecule has 0 radical (unpaired) electrons. The van der Waals surface area contributed by atoms with Gasteiger partial charge in [0.2, 0.25) is 0 Å². The highest BCUT2D eigenvalue weighted by atomic mass is 28.4. The van der Waals surface area contributed by atoms with Crippen molar-refractivity contribution >= 4 is 16.6 Å². The van der Waals surface area contributed by atoms with E-state index in [2.05, 4.69) is 53.4 Å². The second kappa shape index (κ2) is 19.4. The second-order valence-corrected chi connectivity index (χ2v) is 18.2. The fourth-order valence-electron chi connectivity index (χ4n) is 4.28. The summed E-state index contributed by atoms with van der Waals surface area (Å²) in [7, 11) is -3.16. The molecule has 5 heteroatoms. The van der Waals surface area contributed by atoms with Crippen molar-refractivity contribution in [2.45, 2.75) is 142 Å². The Morgan fingerprint density at radius 3 is 1.65 bits per heavy atom. The topological polar surface area (TPSA) is 38.7 Å². The minimum absolute atomic E-state index is 0.348. The molecule has 0 saturated heterocycles. The van der Waals surface area contributed by atoms with Crippen molar-refractivity contribution in [2.75, 3.05) is 13.2 Å². The summed E-state index contributed by atoms with van der Waals surface area (Å²) in [4.78, 5) is 0. The predicted octanol–water partition coefficient (Wildman–Crippen LogP) is 7.91. The lowest BCUT2D eigenvalue weighted by Crippen LogP contribution is -2.38. The summed E-state index contributed by atoms with van der Waals surface area (Å²) in [5, 5.41) is 10.3. The molecule has 0 aliphatic carbocycles. The monoisotopic (exact) mass is 470 g/mol. The van der Waals surface area contributed by atoms with Crippen LogP contribution in [0.4, 0.5) is 0 Å². The zero-order valence-electron chi connectivity index (χ0n) is 21.9. The summed E-state index contributed by atoms with van der Waals surface area (Å²) in [6.07, 6.45) is 9.62. The van der Waals surface area contributed by atoms with Gasteiger partial charge in [0.25, 0.3) is 0 Å². The molecule has 0 heterocycles. The van der Waals surface area contributed by atoms with Gasteiger partial charge in [-0.3, -0.25) is 0 Å². The summed E-state index contributed by atoms with van der Waals surface area (Å²) in [5.41, 5.74) is 0. The van der Waals surface area contributed by atoms with E-state index in [0.717, 1.165) is 37.6 Å². The van der Waals surface area contributed by atoms with Crippen LogP contribution in [0.25, 0.3) is 0 Å². The van der Waals surface area contributed by atoms with Crippen LogP contribution in [0.1, 0.15) is 99.3 Å². The molecule has 0 aromatic rings. The van der Waals surface area contributed by atoms with Crippen molar-refractivity contribution in [1.29, 1.82) is 0 Å². The van der Waals surface area contributed by atoms with Crippen LogP contribution in [0.15, 0.2) is 0 Å². The number of aliphatic hydroxyl groups excluding tert-OH is 1. The minimum atomic E-state index is -1.62. The maximum atomic E-state index is 10.3. The molecule has 0 rings (SSSR count). The van der Waals surface area contributed by atoms with Crippen molar-refractivity contribution in [3.05, 3.63) is 0 Å². The van der Waals surface area contributed by atoms with Crippen molar-refractivity contribution in [2.24, 2.45) is 0 Å². The molecule has 0 aromatic heterocycles. The maximum Gasteiger partial charge on any atom is 0.193 e. The molecule has 0 bridgehead atoms. The third-order valence-corrected chi connectivity index (χ3v) is 16.1. The van der Waals surface area contributed by atoms with Crippen molar-refractivity contribution in [3.63, 3.8) is 0 Å². The molecular formula is C26H54O3Si2. The Morgan fingerprint density at radius 1 is 0.677 bits per heavy atom. The average Bonchev–Trinajstić information content (AvgIpc) is 2.80. The van der Waals surface area contributed by atoms with Crippen LogP contribution in [-0.4, -0.2) is 41.1 Å². The van der Waals surface area contributed by atoms with E-state index in [1.54, 1.807) is 0 Å². The number of hydrogen-bond donors (Lipinski definition) is 1. The predicted molar refractivity (Wildman–Crippen MR) is 142 cm³/mol. The lowest BCUT2D eigenvalue weighted by atomic mass is 10.1. The van der Waals surface area contributed by atoms with Gasteiger partial charge in [0.1, 0.15) is 0 Å². The minimum Gasteiger partial charge on any atom is -0.417 e. The van der Waals surface area contributed by atoms with Gasteiger partial charge in [-0.15, -0.1) is 0 Å². The first-order valence-corrected chi connectivity index (χ1v) is 18.4. The SMILES string of the molecule is CCCC[Si](CCCC)(CCCC)OCCC[C@@H](O)CC#CCO[Si](CC)(CC)CC. The maximum absolute atomic E-state index is 10.3. The number of rotatable bonds is 20. The first-order chi connectivity index (χ1) is 15.0. The Labute approximate surface area is 197 Å². The zero-order chi connectivity index (χ0) is 23.4. The van der Waals surface area contributed by atoms with Gasteiger partial charge in [0, 0.05) is 13.0 Å². The molecule has 0 saturated carbocycles. The Bertz CT molecular complexity index is 439. The smallest absolute Gasteiger partial charge is 0.193 e. The van der Waals surface area contributed by atoms with Crippen LogP contribution in [0.5, 0.6) is 0 Å². The molecular weight excluding hydrogens is 416 g/mol. The summed E-state index contributed by atoms with van der Waals surface area (Å²) in [6.45, 7) is 14.9. The lowest BCUT2D eigenvalue weighted by Gasteiger charge is -2.32. The fourth-order valence-corrected chi connectivity index (χ4v) is 11.5. The van der Waals surface area contributed by atoms with Gasteiger partial charge in [-0.05, 0) is 49.1 Å². The Kier molecular flexibility index (Phi) is 19.3.